The van der Waals surface area contributed by atoms with Gasteiger partial charge >= 0.3 is 11.9 Å². The highest BCUT2D eigenvalue weighted by atomic mass is 35.5. The molecule has 2 atom stereocenters. The number of hydrogen-bond donors (Lipinski definition) is 2. The Hall–Kier alpha value is -0.150. The number of methoxy groups -OCH3 is 2. The SMILES string of the molecule is COC(=O)C(N)SSC(NCl)C(=O)OC. The molecule has 3 N–H and O–H groups in total. The Morgan fingerprint density at radius 2 is 1.80 bits per heavy atom. The predicted molar refractivity (Wildman–Crippen MR) is 60.0 cm³/mol. The Morgan fingerprint density at radius 3 is 2.20 bits per heavy atom. The monoisotopic (exact) mass is 274 g/mol. The molecule has 15 heavy (non-hydrogen) atoms. The van der Waals surface area contributed by atoms with Crippen molar-refractivity contribution in [1.82, 2.24) is 4.84 Å². The molecule has 6 nitrogen and oxygen atoms in total. The van der Waals surface area contributed by atoms with E-state index in [1.165, 1.54) is 14.2 Å². The van der Waals surface area contributed by atoms with Gasteiger partial charge in [0.15, 0.2) is 10.7 Å². The van der Waals surface area contributed by atoms with Gasteiger partial charge in [0.05, 0.1) is 14.2 Å². The molecule has 88 valence electrons. The van der Waals surface area contributed by atoms with Gasteiger partial charge in [0, 0.05) is 0 Å². The van der Waals surface area contributed by atoms with Crippen molar-refractivity contribution in [2.24, 2.45) is 5.73 Å². The van der Waals surface area contributed by atoms with Crippen LogP contribution in [0.15, 0.2) is 0 Å². The van der Waals surface area contributed by atoms with Crippen LogP contribution in [-0.4, -0.2) is 36.9 Å². The first-order valence-electron chi connectivity index (χ1n) is 3.66. The maximum absolute atomic E-state index is 11.0. The lowest BCUT2D eigenvalue weighted by Gasteiger charge is -2.13. The molecule has 0 spiro atoms. The lowest BCUT2D eigenvalue weighted by atomic mass is 10.7. The summed E-state index contributed by atoms with van der Waals surface area (Å²) < 4.78 is 8.84. The van der Waals surface area contributed by atoms with Crippen molar-refractivity contribution in [2.75, 3.05) is 14.2 Å². The van der Waals surface area contributed by atoms with Gasteiger partial charge in [-0.2, -0.15) is 0 Å². The molecule has 0 aromatic heterocycles. The van der Waals surface area contributed by atoms with Crippen LogP contribution >= 0.6 is 33.4 Å². The van der Waals surface area contributed by atoms with Crippen molar-refractivity contribution in [2.45, 2.75) is 10.7 Å². The predicted octanol–water partition coefficient (Wildman–Crippen LogP) is 0.0681. The zero-order valence-corrected chi connectivity index (χ0v) is 10.4. The lowest BCUT2D eigenvalue weighted by molar-refractivity contribution is -0.141. The van der Waals surface area contributed by atoms with E-state index in [0.717, 1.165) is 21.6 Å². The number of carbonyl (C=O) groups excluding carboxylic acids is 2. The van der Waals surface area contributed by atoms with E-state index in [4.69, 9.17) is 17.5 Å². The highest BCUT2D eigenvalue weighted by molar-refractivity contribution is 8.77. The van der Waals surface area contributed by atoms with E-state index < -0.39 is 22.7 Å². The molecule has 0 fully saturated rings. The smallest absolute Gasteiger partial charge is 0.335 e. The molecule has 2 unspecified atom stereocenters. The Morgan fingerprint density at radius 1 is 1.27 bits per heavy atom. The summed E-state index contributed by atoms with van der Waals surface area (Å²) in [5.41, 5.74) is 5.42. The van der Waals surface area contributed by atoms with E-state index >= 15 is 0 Å². The largest absolute Gasteiger partial charge is 0.467 e. The first-order valence-corrected chi connectivity index (χ1v) is 6.31. The number of ether oxygens (including phenoxy) is 2. The fraction of sp³-hybridized carbons (Fsp3) is 0.667. The summed E-state index contributed by atoms with van der Waals surface area (Å²) in [6.07, 6.45) is 0. The van der Waals surface area contributed by atoms with Crippen LogP contribution in [0.3, 0.4) is 0 Å². The number of esters is 2. The minimum absolute atomic E-state index is 0.556. The number of carbonyl (C=O) groups is 2. The molecule has 0 heterocycles. The third kappa shape index (κ3) is 5.47. The van der Waals surface area contributed by atoms with Crippen LogP contribution in [0.25, 0.3) is 0 Å². The number of halogens is 1. The summed E-state index contributed by atoms with van der Waals surface area (Å²) in [6.45, 7) is 0. The highest BCUT2D eigenvalue weighted by Gasteiger charge is 2.23. The second-order valence-electron chi connectivity index (χ2n) is 2.15. The standard InChI is InChI=1S/C6H11ClN2O4S2/c1-12-5(10)3(8)14-15-4(9-7)6(11)13-2/h3-4,9H,8H2,1-2H3. The van der Waals surface area contributed by atoms with Crippen LogP contribution in [0.4, 0.5) is 0 Å². The quantitative estimate of drug-likeness (QED) is 0.304. The molecule has 0 bridgehead atoms. The molecule has 0 aromatic carbocycles. The van der Waals surface area contributed by atoms with E-state index in [1.54, 1.807) is 0 Å². The summed E-state index contributed by atoms with van der Waals surface area (Å²) in [6, 6.07) is 0. The van der Waals surface area contributed by atoms with Crippen LogP contribution in [-0.2, 0) is 19.1 Å². The van der Waals surface area contributed by atoms with E-state index in [-0.39, 0.29) is 0 Å². The zero-order chi connectivity index (χ0) is 11.8. The van der Waals surface area contributed by atoms with Gasteiger partial charge in [-0.1, -0.05) is 21.6 Å². The van der Waals surface area contributed by atoms with Gasteiger partial charge in [-0.05, 0) is 11.8 Å². The average molecular weight is 275 g/mol. The molecule has 0 amide bonds. The lowest BCUT2D eigenvalue weighted by Crippen LogP contribution is -2.31. The first kappa shape index (κ1) is 14.8. The molecule has 0 aromatic rings. The van der Waals surface area contributed by atoms with Gasteiger partial charge in [-0.3, -0.25) is 0 Å². The van der Waals surface area contributed by atoms with Crippen LogP contribution in [0.1, 0.15) is 0 Å². The molecular weight excluding hydrogens is 264 g/mol. The minimum Gasteiger partial charge on any atom is -0.467 e. The zero-order valence-electron chi connectivity index (χ0n) is 8.06. The Labute approximate surface area is 100 Å². The van der Waals surface area contributed by atoms with Crippen molar-refractivity contribution in [3.63, 3.8) is 0 Å². The van der Waals surface area contributed by atoms with Gasteiger partial charge < -0.3 is 15.2 Å². The first-order chi connectivity index (χ1) is 7.06. The Kier molecular flexibility index (Phi) is 7.97. The maximum Gasteiger partial charge on any atom is 0.335 e. The van der Waals surface area contributed by atoms with Crippen molar-refractivity contribution < 1.29 is 19.1 Å². The minimum atomic E-state index is -0.878. The van der Waals surface area contributed by atoms with E-state index in [2.05, 4.69) is 14.3 Å². The van der Waals surface area contributed by atoms with E-state index in [0.29, 0.717) is 0 Å². The summed E-state index contributed by atoms with van der Waals surface area (Å²) in [5.74, 6) is -1.13. The fourth-order valence-corrected chi connectivity index (χ4v) is 2.79. The number of rotatable bonds is 6. The van der Waals surface area contributed by atoms with Gasteiger partial charge in [-0.25, -0.2) is 14.4 Å². The molecular formula is C6H11ClN2O4S2. The third-order valence-electron chi connectivity index (χ3n) is 1.20. The average Bonchev–Trinajstić information content (AvgIpc) is 2.27. The summed E-state index contributed by atoms with van der Waals surface area (Å²) in [7, 11) is 4.40. The highest BCUT2D eigenvalue weighted by Crippen LogP contribution is 2.29. The second-order valence-corrected chi connectivity index (χ2v) is 4.89. The molecule has 0 saturated carbocycles. The van der Waals surface area contributed by atoms with Gasteiger partial charge in [-0.15, -0.1) is 0 Å². The molecule has 0 saturated heterocycles. The normalized spacial score (nSPS) is 14.1. The van der Waals surface area contributed by atoms with E-state index in [1.807, 2.05) is 0 Å². The number of hydrogen-bond acceptors (Lipinski definition) is 8. The van der Waals surface area contributed by atoms with Crippen LogP contribution in [0, 0.1) is 0 Å². The van der Waals surface area contributed by atoms with Crippen molar-refractivity contribution >= 4 is 45.3 Å². The number of nitrogens with one attached hydrogen (secondary N) is 1. The molecule has 9 heteroatoms. The Bertz CT molecular complexity index is 231. The van der Waals surface area contributed by atoms with Crippen LogP contribution in [0.2, 0.25) is 0 Å². The van der Waals surface area contributed by atoms with Crippen LogP contribution in [0.5, 0.6) is 0 Å². The number of nitrogens with two attached hydrogens (primary N) is 1. The summed E-state index contributed by atoms with van der Waals surface area (Å²) >= 11 is 5.30. The third-order valence-corrected chi connectivity index (χ3v) is 4.10. The maximum atomic E-state index is 11.0. The molecule has 0 radical (unpaired) electrons. The van der Waals surface area contributed by atoms with Crippen molar-refractivity contribution in [3.05, 3.63) is 0 Å². The van der Waals surface area contributed by atoms with Gasteiger partial charge in [0.1, 0.15) is 0 Å². The Balaban J connectivity index is 4.00. The molecule has 0 aliphatic heterocycles. The topological polar surface area (TPSA) is 90.6 Å². The summed E-state index contributed by atoms with van der Waals surface area (Å²) in [4.78, 5) is 24.1. The van der Waals surface area contributed by atoms with E-state index in [9.17, 15) is 9.59 Å². The van der Waals surface area contributed by atoms with Gasteiger partial charge in [0.25, 0.3) is 0 Å². The second kappa shape index (κ2) is 8.05. The van der Waals surface area contributed by atoms with Crippen molar-refractivity contribution in [1.29, 1.82) is 0 Å². The summed E-state index contributed by atoms with van der Waals surface area (Å²) in [5, 5.41) is -1.67. The molecule has 0 aliphatic carbocycles. The fourth-order valence-electron chi connectivity index (χ4n) is 0.480. The van der Waals surface area contributed by atoms with Crippen molar-refractivity contribution in [3.8, 4) is 0 Å². The van der Waals surface area contributed by atoms with Crippen LogP contribution < -0.4 is 10.6 Å². The molecule has 0 rings (SSSR count). The molecule has 0 aliphatic rings. The van der Waals surface area contributed by atoms with Gasteiger partial charge in [0.2, 0.25) is 0 Å².